The van der Waals surface area contributed by atoms with Crippen molar-refractivity contribution in [2.24, 2.45) is 14.1 Å². The summed E-state index contributed by atoms with van der Waals surface area (Å²) in [6.07, 6.45) is 0. The summed E-state index contributed by atoms with van der Waals surface area (Å²) in [6.45, 7) is 0. The van der Waals surface area contributed by atoms with E-state index in [1.165, 1.54) is 11.6 Å². The first-order chi connectivity index (χ1) is 14.4. The van der Waals surface area contributed by atoms with E-state index in [0.717, 1.165) is 15.7 Å². The summed E-state index contributed by atoms with van der Waals surface area (Å²) in [5.41, 5.74) is 2.90. The number of amides is 1. The van der Waals surface area contributed by atoms with Crippen molar-refractivity contribution in [3.05, 3.63) is 85.5 Å². The van der Waals surface area contributed by atoms with E-state index in [9.17, 15) is 14.4 Å². The molecular formula is C22H17ClN4O3. The topological polar surface area (TPSA) is 88.9 Å². The lowest BCUT2D eigenvalue weighted by Gasteiger charge is -2.12. The fraction of sp³-hybridized carbons (Fsp3) is 0.136. The van der Waals surface area contributed by atoms with Crippen LogP contribution in [0.1, 0.15) is 17.0 Å². The molecule has 0 saturated heterocycles. The SMILES string of the molecule is Cn1c(=O)c2c([C@H]3C(=O)Nc4ccccc43)c(-c3ccc(Cl)cc3)[nH]c2n(C)c1=O. The molecule has 2 N–H and O–H groups in total. The Kier molecular flexibility index (Phi) is 3.98. The van der Waals surface area contributed by atoms with Gasteiger partial charge in [-0.1, -0.05) is 41.9 Å². The summed E-state index contributed by atoms with van der Waals surface area (Å²) in [5, 5.41) is 3.79. The van der Waals surface area contributed by atoms with Crippen LogP contribution in [0.5, 0.6) is 0 Å². The summed E-state index contributed by atoms with van der Waals surface area (Å²) in [4.78, 5) is 41.9. The number of H-pyrrole nitrogens is 1. The Bertz CT molecular complexity index is 1460. The van der Waals surface area contributed by atoms with Crippen LogP contribution in [0.2, 0.25) is 5.02 Å². The number of hydrogen-bond donors (Lipinski definition) is 2. The monoisotopic (exact) mass is 420 g/mol. The molecule has 0 aliphatic carbocycles. The van der Waals surface area contributed by atoms with Crippen molar-refractivity contribution in [2.75, 3.05) is 5.32 Å². The fourth-order valence-corrected chi connectivity index (χ4v) is 4.30. The first kappa shape index (κ1) is 18.4. The van der Waals surface area contributed by atoms with E-state index < -0.39 is 17.2 Å². The Morgan fingerprint density at radius 2 is 1.63 bits per heavy atom. The third-order valence-electron chi connectivity index (χ3n) is 5.66. The van der Waals surface area contributed by atoms with Gasteiger partial charge in [-0.25, -0.2) is 4.79 Å². The van der Waals surface area contributed by atoms with Gasteiger partial charge < -0.3 is 10.3 Å². The van der Waals surface area contributed by atoms with Gasteiger partial charge in [-0.15, -0.1) is 0 Å². The average Bonchev–Trinajstić information content (AvgIpc) is 3.28. The number of carbonyl (C=O) groups excluding carboxylic acids is 1. The molecule has 7 nitrogen and oxygen atoms in total. The van der Waals surface area contributed by atoms with Crippen LogP contribution in [-0.4, -0.2) is 20.0 Å². The van der Waals surface area contributed by atoms with Crippen molar-refractivity contribution in [1.29, 1.82) is 0 Å². The smallest absolute Gasteiger partial charge is 0.332 e. The highest BCUT2D eigenvalue weighted by molar-refractivity contribution is 6.30. The summed E-state index contributed by atoms with van der Waals surface area (Å²) in [5.74, 6) is -0.908. The van der Waals surface area contributed by atoms with E-state index >= 15 is 0 Å². The molecule has 5 rings (SSSR count). The first-order valence-electron chi connectivity index (χ1n) is 9.35. The molecule has 1 aliphatic rings. The molecule has 1 amide bonds. The van der Waals surface area contributed by atoms with Gasteiger partial charge in [-0.3, -0.25) is 18.7 Å². The lowest BCUT2D eigenvalue weighted by molar-refractivity contribution is -0.116. The Morgan fingerprint density at radius 3 is 2.37 bits per heavy atom. The zero-order chi connectivity index (χ0) is 21.2. The van der Waals surface area contributed by atoms with Crippen molar-refractivity contribution < 1.29 is 4.79 Å². The number of aryl methyl sites for hydroxylation is 1. The minimum absolute atomic E-state index is 0.219. The number of fused-ring (bicyclic) bond motifs is 2. The molecule has 1 aliphatic heterocycles. The fourth-order valence-electron chi connectivity index (χ4n) is 4.17. The van der Waals surface area contributed by atoms with Crippen LogP contribution in [0, 0.1) is 0 Å². The molecule has 0 unspecified atom stereocenters. The molecule has 0 spiro atoms. The number of anilines is 1. The Morgan fingerprint density at radius 1 is 0.933 bits per heavy atom. The lowest BCUT2D eigenvalue weighted by atomic mass is 9.89. The van der Waals surface area contributed by atoms with Crippen LogP contribution < -0.4 is 16.6 Å². The Labute approximate surface area is 175 Å². The van der Waals surface area contributed by atoms with Gasteiger partial charge in [0, 0.05) is 30.4 Å². The number of aromatic nitrogens is 3. The van der Waals surface area contributed by atoms with Gasteiger partial charge in [-0.05, 0) is 29.3 Å². The second kappa shape index (κ2) is 6.47. The number of nitrogens with one attached hydrogen (secondary N) is 2. The minimum atomic E-state index is -0.689. The van der Waals surface area contributed by atoms with E-state index in [1.54, 1.807) is 19.2 Å². The molecule has 2 aromatic carbocycles. The van der Waals surface area contributed by atoms with Gasteiger partial charge >= 0.3 is 5.69 Å². The summed E-state index contributed by atoms with van der Waals surface area (Å²) >= 11 is 6.05. The van der Waals surface area contributed by atoms with Gasteiger partial charge in [0.15, 0.2) is 0 Å². The maximum absolute atomic E-state index is 13.2. The molecule has 150 valence electrons. The van der Waals surface area contributed by atoms with Gasteiger partial charge in [0.2, 0.25) is 5.91 Å². The van der Waals surface area contributed by atoms with Crippen LogP contribution in [0.15, 0.2) is 58.1 Å². The van der Waals surface area contributed by atoms with E-state index in [-0.39, 0.29) is 5.91 Å². The van der Waals surface area contributed by atoms with Crippen molar-refractivity contribution in [2.45, 2.75) is 5.92 Å². The molecule has 2 aromatic heterocycles. The zero-order valence-corrected chi connectivity index (χ0v) is 16.9. The highest BCUT2D eigenvalue weighted by Gasteiger charge is 2.37. The summed E-state index contributed by atoms with van der Waals surface area (Å²) in [7, 11) is 3.03. The highest BCUT2D eigenvalue weighted by Crippen LogP contribution is 2.43. The first-order valence-corrected chi connectivity index (χ1v) is 9.73. The Hall–Kier alpha value is -3.58. The van der Waals surface area contributed by atoms with E-state index in [0.29, 0.717) is 33.0 Å². The molecule has 0 fully saturated rings. The third-order valence-corrected chi connectivity index (χ3v) is 5.91. The van der Waals surface area contributed by atoms with E-state index in [2.05, 4.69) is 10.3 Å². The zero-order valence-electron chi connectivity index (χ0n) is 16.2. The Balaban J connectivity index is 1.94. The van der Waals surface area contributed by atoms with Crippen LogP contribution in [-0.2, 0) is 18.9 Å². The van der Waals surface area contributed by atoms with Crippen LogP contribution in [0.4, 0.5) is 5.69 Å². The number of carbonyl (C=O) groups is 1. The predicted molar refractivity (Wildman–Crippen MR) is 116 cm³/mol. The van der Waals surface area contributed by atoms with Gasteiger partial charge in [0.1, 0.15) is 5.65 Å². The quantitative estimate of drug-likeness (QED) is 0.522. The van der Waals surface area contributed by atoms with Gasteiger partial charge in [-0.2, -0.15) is 0 Å². The van der Waals surface area contributed by atoms with Crippen molar-refractivity contribution in [1.82, 2.24) is 14.1 Å². The summed E-state index contributed by atoms with van der Waals surface area (Å²) < 4.78 is 2.45. The predicted octanol–water partition coefficient (Wildman–Crippen LogP) is 2.97. The number of para-hydroxylation sites is 1. The molecule has 1 atom stereocenters. The average molecular weight is 421 g/mol. The largest absolute Gasteiger partial charge is 0.340 e. The minimum Gasteiger partial charge on any atom is -0.340 e. The number of benzene rings is 2. The third kappa shape index (κ3) is 2.48. The van der Waals surface area contributed by atoms with Crippen molar-refractivity contribution >= 4 is 34.2 Å². The highest BCUT2D eigenvalue weighted by atomic mass is 35.5. The normalized spacial score (nSPS) is 15.4. The molecule has 8 heteroatoms. The number of rotatable bonds is 2. The van der Waals surface area contributed by atoms with Gasteiger partial charge in [0.05, 0.1) is 17.0 Å². The van der Waals surface area contributed by atoms with Crippen LogP contribution in [0.3, 0.4) is 0 Å². The molecule has 0 radical (unpaired) electrons. The second-order valence-electron chi connectivity index (χ2n) is 7.36. The standard InChI is InChI=1S/C22H17ClN4O3/c1-26-19-17(21(29)27(2)22(26)30)16(18(25-19)11-7-9-12(23)10-8-11)15-13-5-3-4-6-14(13)24-20(15)28/h3-10,15,25H,1-2H3,(H,24,28)/t15-/m0/s1. The van der Waals surface area contributed by atoms with Crippen LogP contribution >= 0.6 is 11.6 Å². The molecule has 3 heterocycles. The molecule has 0 bridgehead atoms. The molecule has 30 heavy (non-hydrogen) atoms. The van der Waals surface area contributed by atoms with E-state index in [4.69, 9.17) is 11.6 Å². The number of nitrogens with zero attached hydrogens (tertiary/aromatic N) is 2. The van der Waals surface area contributed by atoms with Crippen molar-refractivity contribution in [3.63, 3.8) is 0 Å². The van der Waals surface area contributed by atoms with Crippen LogP contribution in [0.25, 0.3) is 22.3 Å². The number of halogens is 1. The maximum atomic E-state index is 13.2. The number of hydrogen-bond acceptors (Lipinski definition) is 3. The summed E-state index contributed by atoms with van der Waals surface area (Å²) in [6, 6.07) is 14.5. The molecule has 0 saturated carbocycles. The second-order valence-corrected chi connectivity index (χ2v) is 7.80. The van der Waals surface area contributed by atoms with E-state index in [1.807, 2.05) is 36.4 Å². The molecule has 4 aromatic rings. The van der Waals surface area contributed by atoms with Crippen molar-refractivity contribution in [3.8, 4) is 11.3 Å². The maximum Gasteiger partial charge on any atom is 0.332 e. The van der Waals surface area contributed by atoms with Gasteiger partial charge in [0.25, 0.3) is 5.56 Å². The molecular weight excluding hydrogens is 404 g/mol. The lowest BCUT2D eigenvalue weighted by Crippen LogP contribution is -2.37. The number of aromatic amines is 1.